The lowest BCUT2D eigenvalue weighted by Gasteiger charge is -2.14. The predicted octanol–water partition coefficient (Wildman–Crippen LogP) is 1.91. The zero-order valence-electron chi connectivity index (χ0n) is 14.2. The first-order valence-electron chi connectivity index (χ1n) is 7.99. The molecule has 0 radical (unpaired) electrons. The van der Waals surface area contributed by atoms with Gasteiger partial charge in [0.15, 0.2) is 0 Å². The molecule has 0 fully saturated rings. The number of nitrogens with one attached hydrogen (secondary N) is 2. The first-order valence-corrected chi connectivity index (χ1v) is 7.99. The molecule has 2 aromatic carbocycles. The summed E-state index contributed by atoms with van der Waals surface area (Å²) < 4.78 is 14.4. The lowest BCUT2D eigenvalue weighted by molar-refractivity contribution is -0.137. The van der Waals surface area contributed by atoms with Crippen LogP contribution < -0.4 is 10.6 Å². The Kier molecular flexibility index (Phi) is 6.43. The first-order chi connectivity index (χ1) is 12.4. The minimum atomic E-state index is -1.17. The fourth-order valence-electron chi connectivity index (χ4n) is 2.36. The van der Waals surface area contributed by atoms with Crippen molar-refractivity contribution in [1.29, 1.82) is 0 Å². The number of aliphatic carboxylic acids is 1. The highest BCUT2D eigenvalue weighted by molar-refractivity contribution is 5.89. The number of amides is 2. The summed E-state index contributed by atoms with van der Waals surface area (Å²) in [6.07, 6.45) is 0. The molecule has 0 spiro atoms. The van der Waals surface area contributed by atoms with E-state index in [9.17, 15) is 18.8 Å². The molecule has 3 N–H and O–H groups in total. The highest BCUT2D eigenvalue weighted by atomic mass is 19.1. The minimum Gasteiger partial charge on any atom is -0.480 e. The van der Waals surface area contributed by atoms with Crippen molar-refractivity contribution in [2.24, 2.45) is 0 Å². The molecule has 0 unspecified atom stereocenters. The molecule has 2 amide bonds. The van der Waals surface area contributed by atoms with Gasteiger partial charge in [0.1, 0.15) is 12.4 Å². The van der Waals surface area contributed by atoms with Crippen LogP contribution in [-0.2, 0) is 14.4 Å². The number of hydrogen-bond acceptors (Lipinski definition) is 3. The van der Waals surface area contributed by atoms with Crippen LogP contribution in [0.1, 0.15) is 18.4 Å². The highest BCUT2D eigenvalue weighted by Crippen LogP contribution is 2.26. The number of carbonyl (C=O) groups excluding carboxylic acids is 2. The number of carboxylic acid groups (broad SMARTS) is 1. The van der Waals surface area contributed by atoms with E-state index in [1.54, 1.807) is 31.2 Å². The molecule has 0 aromatic heterocycles. The molecule has 0 aliphatic rings. The number of carboxylic acids is 1. The van der Waals surface area contributed by atoms with Crippen molar-refractivity contribution in [1.82, 2.24) is 10.6 Å². The van der Waals surface area contributed by atoms with Gasteiger partial charge in [-0.05, 0) is 24.1 Å². The van der Waals surface area contributed by atoms with E-state index < -0.39 is 36.1 Å². The molecular weight excluding hydrogens is 339 g/mol. The normalized spacial score (nSPS) is 11.5. The van der Waals surface area contributed by atoms with E-state index >= 15 is 0 Å². The highest BCUT2D eigenvalue weighted by Gasteiger charge is 2.18. The quantitative estimate of drug-likeness (QED) is 0.705. The summed E-state index contributed by atoms with van der Waals surface area (Å²) in [5.41, 5.74) is 1.66. The largest absolute Gasteiger partial charge is 0.480 e. The van der Waals surface area contributed by atoms with Crippen LogP contribution in [0.2, 0.25) is 0 Å². The van der Waals surface area contributed by atoms with Gasteiger partial charge in [-0.1, -0.05) is 42.5 Å². The average Bonchev–Trinajstić information content (AvgIpc) is 2.64. The molecule has 1 atom stereocenters. The number of halogens is 1. The van der Waals surface area contributed by atoms with Gasteiger partial charge in [-0.25, -0.2) is 4.39 Å². The Hall–Kier alpha value is -3.22. The van der Waals surface area contributed by atoms with Gasteiger partial charge < -0.3 is 15.7 Å². The zero-order chi connectivity index (χ0) is 19.1. The summed E-state index contributed by atoms with van der Waals surface area (Å²) in [6.45, 7) is 0.735. The second-order valence-corrected chi connectivity index (χ2v) is 5.72. The minimum absolute atomic E-state index is 0.346. The fourth-order valence-corrected chi connectivity index (χ4v) is 2.36. The van der Waals surface area contributed by atoms with Gasteiger partial charge in [0.2, 0.25) is 11.8 Å². The van der Waals surface area contributed by atoms with Crippen molar-refractivity contribution < 1.29 is 23.9 Å². The van der Waals surface area contributed by atoms with Crippen LogP contribution in [0.15, 0.2) is 48.5 Å². The average molecular weight is 358 g/mol. The Morgan fingerprint density at radius 3 is 2.35 bits per heavy atom. The van der Waals surface area contributed by atoms with Crippen LogP contribution in [0.4, 0.5) is 4.39 Å². The Bertz CT molecular complexity index is 808. The number of benzene rings is 2. The maximum Gasteiger partial charge on any atom is 0.322 e. The molecule has 6 nitrogen and oxygen atoms in total. The van der Waals surface area contributed by atoms with Crippen molar-refractivity contribution in [2.75, 3.05) is 13.1 Å². The third-order valence-electron chi connectivity index (χ3n) is 3.83. The van der Waals surface area contributed by atoms with E-state index in [1.807, 2.05) is 18.2 Å². The van der Waals surface area contributed by atoms with Gasteiger partial charge >= 0.3 is 5.97 Å². The van der Waals surface area contributed by atoms with Crippen molar-refractivity contribution in [3.05, 3.63) is 59.9 Å². The predicted molar refractivity (Wildman–Crippen MR) is 93.9 cm³/mol. The summed E-state index contributed by atoms with van der Waals surface area (Å²) in [5.74, 6) is -3.35. The van der Waals surface area contributed by atoms with Crippen molar-refractivity contribution in [3.63, 3.8) is 0 Å². The molecule has 2 rings (SSSR count). The summed E-state index contributed by atoms with van der Waals surface area (Å²) in [6, 6.07) is 13.6. The Labute approximate surface area is 150 Å². The van der Waals surface area contributed by atoms with Crippen LogP contribution >= 0.6 is 0 Å². The third-order valence-corrected chi connectivity index (χ3v) is 3.83. The van der Waals surface area contributed by atoms with Gasteiger partial charge in [0.05, 0.1) is 12.5 Å². The van der Waals surface area contributed by atoms with Crippen LogP contribution in [0.25, 0.3) is 11.1 Å². The molecule has 26 heavy (non-hydrogen) atoms. The fraction of sp³-hybridized carbons (Fsp3) is 0.211. The Morgan fingerprint density at radius 1 is 1.04 bits per heavy atom. The van der Waals surface area contributed by atoms with E-state index in [0.29, 0.717) is 11.1 Å². The topological polar surface area (TPSA) is 95.5 Å². The Morgan fingerprint density at radius 2 is 1.73 bits per heavy atom. The maximum absolute atomic E-state index is 14.4. The van der Waals surface area contributed by atoms with Crippen LogP contribution in [0, 0.1) is 5.82 Å². The standard InChI is InChI=1S/C19H19FN2O4/c1-12(19(26)22-10-17(23)21-11-18(24)25)14-7-8-15(16(20)9-14)13-5-3-2-4-6-13/h2-9,12H,10-11H2,1H3,(H,21,23)(H,22,26)(H,24,25)/t12-/m1/s1. The van der Waals surface area contributed by atoms with E-state index in [2.05, 4.69) is 10.6 Å². The summed E-state index contributed by atoms with van der Waals surface area (Å²) in [4.78, 5) is 33.9. The Balaban J connectivity index is 1.99. The number of hydrogen-bond donors (Lipinski definition) is 3. The van der Waals surface area contributed by atoms with Gasteiger partial charge in [-0.2, -0.15) is 0 Å². The van der Waals surface area contributed by atoms with Crippen LogP contribution in [0.3, 0.4) is 0 Å². The first kappa shape index (κ1) is 19.1. The third kappa shape index (κ3) is 5.14. The number of carbonyl (C=O) groups is 3. The monoisotopic (exact) mass is 358 g/mol. The van der Waals surface area contributed by atoms with Gasteiger partial charge in [0, 0.05) is 5.56 Å². The molecule has 7 heteroatoms. The van der Waals surface area contributed by atoms with E-state index in [0.717, 1.165) is 5.56 Å². The molecule has 136 valence electrons. The lowest BCUT2D eigenvalue weighted by Crippen LogP contribution is -2.40. The summed E-state index contributed by atoms with van der Waals surface area (Å²) >= 11 is 0. The summed E-state index contributed by atoms with van der Waals surface area (Å²) in [7, 11) is 0. The number of rotatable bonds is 7. The second-order valence-electron chi connectivity index (χ2n) is 5.72. The lowest BCUT2D eigenvalue weighted by atomic mass is 9.96. The van der Waals surface area contributed by atoms with Gasteiger partial charge in [0.25, 0.3) is 0 Å². The molecule has 2 aromatic rings. The molecule has 0 aliphatic heterocycles. The molecule has 0 saturated heterocycles. The van der Waals surface area contributed by atoms with E-state index in [4.69, 9.17) is 5.11 Å². The van der Waals surface area contributed by atoms with Gasteiger partial charge in [-0.3, -0.25) is 14.4 Å². The van der Waals surface area contributed by atoms with Crippen molar-refractivity contribution in [3.8, 4) is 11.1 Å². The molecule has 0 bridgehead atoms. The maximum atomic E-state index is 14.4. The van der Waals surface area contributed by atoms with Crippen LogP contribution in [0.5, 0.6) is 0 Å². The molecule has 0 heterocycles. The van der Waals surface area contributed by atoms with Gasteiger partial charge in [-0.15, -0.1) is 0 Å². The van der Waals surface area contributed by atoms with Crippen molar-refractivity contribution in [2.45, 2.75) is 12.8 Å². The second kappa shape index (κ2) is 8.75. The van der Waals surface area contributed by atoms with Crippen LogP contribution in [-0.4, -0.2) is 36.0 Å². The van der Waals surface area contributed by atoms with E-state index in [1.165, 1.54) is 6.07 Å². The molecule has 0 saturated carbocycles. The molecular formula is C19H19FN2O4. The zero-order valence-corrected chi connectivity index (χ0v) is 14.2. The molecule has 0 aliphatic carbocycles. The van der Waals surface area contributed by atoms with Crippen molar-refractivity contribution >= 4 is 17.8 Å². The SMILES string of the molecule is C[C@@H](C(=O)NCC(=O)NCC(=O)O)c1ccc(-c2ccccc2)c(F)c1. The summed E-state index contributed by atoms with van der Waals surface area (Å²) in [5, 5.41) is 13.0. The smallest absolute Gasteiger partial charge is 0.322 e. The van der Waals surface area contributed by atoms with E-state index in [-0.39, 0.29) is 6.54 Å².